The third-order valence-corrected chi connectivity index (χ3v) is 5.41. The minimum Gasteiger partial charge on any atom is -0.444 e. The van der Waals surface area contributed by atoms with Gasteiger partial charge in [0.2, 0.25) is 5.91 Å². The Morgan fingerprint density at radius 3 is 2.52 bits per heavy atom. The molecule has 1 aromatic heterocycles. The highest BCUT2D eigenvalue weighted by Gasteiger charge is 2.44. The van der Waals surface area contributed by atoms with Gasteiger partial charge in [0.15, 0.2) is 0 Å². The maximum Gasteiger partial charge on any atom is 0.410 e. The zero-order valence-corrected chi connectivity index (χ0v) is 18.0. The number of rotatable bonds is 3. The molecule has 1 saturated heterocycles. The van der Waals surface area contributed by atoms with E-state index in [1.54, 1.807) is 11.1 Å². The lowest BCUT2D eigenvalue weighted by atomic mass is 9.91. The molecule has 2 heterocycles. The smallest absolute Gasteiger partial charge is 0.410 e. The van der Waals surface area contributed by atoms with Gasteiger partial charge in [-0.25, -0.2) is 4.79 Å². The molecule has 0 radical (unpaired) electrons. The number of likely N-dealkylation sites (tertiary alicyclic amines) is 1. The molecule has 1 aliphatic rings. The molecule has 6 heteroatoms. The summed E-state index contributed by atoms with van der Waals surface area (Å²) >= 11 is 0. The lowest BCUT2D eigenvalue weighted by molar-refractivity contribution is -0.120. The van der Waals surface area contributed by atoms with Crippen molar-refractivity contribution in [1.29, 1.82) is 0 Å². The van der Waals surface area contributed by atoms with E-state index in [1.165, 1.54) is 0 Å². The topological polar surface area (TPSA) is 71.5 Å². The highest BCUT2D eigenvalue weighted by atomic mass is 16.6. The van der Waals surface area contributed by atoms with Crippen LogP contribution in [0.5, 0.6) is 0 Å². The third kappa shape index (κ3) is 4.53. The molecule has 0 aliphatic carbocycles. The van der Waals surface area contributed by atoms with Crippen LogP contribution in [-0.2, 0) is 9.53 Å². The van der Waals surface area contributed by atoms with Crippen LogP contribution in [0.15, 0.2) is 66.9 Å². The average Bonchev–Trinajstić information content (AvgIpc) is 3.19. The molecule has 0 unspecified atom stereocenters. The number of anilines is 1. The van der Waals surface area contributed by atoms with E-state index >= 15 is 0 Å². The van der Waals surface area contributed by atoms with E-state index < -0.39 is 17.7 Å². The summed E-state index contributed by atoms with van der Waals surface area (Å²) < 4.78 is 5.60. The van der Waals surface area contributed by atoms with Gasteiger partial charge in [-0.15, -0.1) is 0 Å². The second-order valence-electron chi connectivity index (χ2n) is 8.79. The normalized spacial score (nSPS) is 18.7. The Hall–Kier alpha value is -3.41. The number of carbonyl (C=O) groups is 2. The molecule has 160 valence electrons. The number of para-hydroxylation sites is 1. The van der Waals surface area contributed by atoms with Gasteiger partial charge in [0.25, 0.3) is 0 Å². The van der Waals surface area contributed by atoms with Crippen molar-refractivity contribution in [2.24, 2.45) is 0 Å². The van der Waals surface area contributed by atoms with E-state index in [0.29, 0.717) is 18.7 Å². The van der Waals surface area contributed by atoms with Gasteiger partial charge in [-0.2, -0.15) is 0 Å². The fourth-order valence-corrected chi connectivity index (χ4v) is 4.10. The Morgan fingerprint density at radius 1 is 1.03 bits per heavy atom. The van der Waals surface area contributed by atoms with Crippen LogP contribution in [0.4, 0.5) is 10.5 Å². The average molecular weight is 418 g/mol. The van der Waals surface area contributed by atoms with Gasteiger partial charge in [-0.3, -0.25) is 14.7 Å². The van der Waals surface area contributed by atoms with E-state index in [2.05, 4.69) is 10.3 Å². The molecule has 3 aromatic rings. The number of nitrogens with one attached hydrogen (secondary N) is 1. The Balaban J connectivity index is 1.66. The molecule has 31 heavy (non-hydrogen) atoms. The lowest BCUT2D eigenvalue weighted by Crippen LogP contribution is -2.47. The molecule has 1 aliphatic heterocycles. The Kier molecular flexibility index (Phi) is 5.63. The minimum atomic E-state index is -0.670. The van der Waals surface area contributed by atoms with Gasteiger partial charge in [-0.05, 0) is 44.9 Å². The van der Waals surface area contributed by atoms with Crippen molar-refractivity contribution < 1.29 is 14.3 Å². The Labute approximate surface area is 182 Å². The van der Waals surface area contributed by atoms with Crippen LogP contribution < -0.4 is 5.32 Å². The number of benzene rings is 2. The zero-order valence-electron chi connectivity index (χ0n) is 18.0. The molecule has 2 aromatic carbocycles. The zero-order chi connectivity index (χ0) is 22.0. The third-order valence-electron chi connectivity index (χ3n) is 5.41. The number of fused-ring (bicyclic) bond motifs is 1. The molecule has 2 atom stereocenters. The number of aromatic nitrogens is 1. The lowest BCUT2D eigenvalue weighted by Gasteiger charge is -2.30. The summed E-state index contributed by atoms with van der Waals surface area (Å²) in [5, 5.41) is 3.96. The Morgan fingerprint density at radius 2 is 1.77 bits per heavy atom. The maximum absolute atomic E-state index is 13.5. The van der Waals surface area contributed by atoms with E-state index in [0.717, 1.165) is 16.5 Å². The van der Waals surface area contributed by atoms with Crippen molar-refractivity contribution in [2.45, 2.75) is 44.8 Å². The van der Waals surface area contributed by atoms with Gasteiger partial charge in [-0.1, -0.05) is 48.5 Å². The van der Waals surface area contributed by atoms with Crippen LogP contribution in [0.3, 0.4) is 0 Å². The van der Waals surface area contributed by atoms with Gasteiger partial charge in [0, 0.05) is 24.0 Å². The number of hydrogen-bond donors (Lipinski definition) is 1. The molecule has 0 saturated carbocycles. The molecule has 6 nitrogen and oxygen atoms in total. The highest BCUT2D eigenvalue weighted by molar-refractivity contribution is 6.03. The van der Waals surface area contributed by atoms with E-state index in [-0.39, 0.29) is 11.8 Å². The van der Waals surface area contributed by atoms with Crippen LogP contribution in [0, 0.1) is 0 Å². The van der Waals surface area contributed by atoms with Gasteiger partial charge >= 0.3 is 6.09 Å². The summed E-state index contributed by atoms with van der Waals surface area (Å²) in [4.78, 5) is 32.4. The van der Waals surface area contributed by atoms with E-state index in [4.69, 9.17) is 4.74 Å². The standard InChI is InChI=1S/C25H27N3O3/c1-25(2,3)31-24(30)28-16-14-19(17-9-5-4-6-10-17)22(28)23(29)27-20-13-7-11-18-12-8-15-26-21(18)20/h4-13,15,19,22H,14,16H2,1-3H3,(H,27,29)/t19-,22+/m1/s1. The molecule has 1 N–H and O–H groups in total. The first-order valence-electron chi connectivity index (χ1n) is 10.5. The van der Waals surface area contributed by atoms with Gasteiger partial charge in [0.1, 0.15) is 11.6 Å². The largest absolute Gasteiger partial charge is 0.444 e. The van der Waals surface area contributed by atoms with Gasteiger partial charge in [0.05, 0.1) is 11.2 Å². The van der Waals surface area contributed by atoms with Crippen molar-refractivity contribution in [3.05, 3.63) is 72.4 Å². The molecular formula is C25H27N3O3. The first-order chi connectivity index (χ1) is 14.8. The number of nitrogens with zero attached hydrogens (tertiary/aromatic N) is 2. The summed E-state index contributed by atoms with van der Waals surface area (Å²) in [5.74, 6) is -0.355. The summed E-state index contributed by atoms with van der Waals surface area (Å²) in [6.07, 6.45) is 1.92. The number of amides is 2. The molecule has 4 rings (SSSR count). The summed E-state index contributed by atoms with van der Waals surface area (Å²) in [6, 6.07) is 18.7. The predicted molar refractivity (Wildman–Crippen MR) is 121 cm³/mol. The van der Waals surface area contributed by atoms with Crippen LogP contribution in [0.25, 0.3) is 10.9 Å². The van der Waals surface area contributed by atoms with Crippen molar-refractivity contribution in [3.8, 4) is 0 Å². The van der Waals surface area contributed by atoms with Crippen LogP contribution >= 0.6 is 0 Å². The fraction of sp³-hybridized carbons (Fsp3) is 0.320. The number of hydrogen-bond acceptors (Lipinski definition) is 4. The van der Waals surface area contributed by atoms with Crippen molar-refractivity contribution >= 4 is 28.6 Å². The maximum atomic E-state index is 13.5. The SMILES string of the molecule is CC(C)(C)OC(=O)N1CC[C@H](c2ccccc2)[C@H]1C(=O)Nc1cccc2cccnc12. The number of pyridine rings is 1. The summed E-state index contributed by atoms with van der Waals surface area (Å²) in [7, 11) is 0. The quantitative estimate of drug-likeness (QED) is 0.653. The number of carbonyl (C=O) groups excluding carboxylic acids is 2. The van der Waals surface area contributed by atoms with Crippen molar-refractivity contribution in [1.82, 2.24) is 9.88 Å². The van der Waals surface area contributed by atoms with Crippen molar-refractivity contribution in [3.63, 3.8) is 0 Å². The second kappa shape index (κ2) is 8.38. The molecule has 0 spiro atoms. The molecule has 1 fully saturated rings. The van der Waals surface area contributed by atoms with Crippen LogP contribution in [0.2, 0.25) is 0 Å². The monoisotopic (exact) mass is 417 g/mol. The van der Waals surface area contributed by atoms with Crippen LogP contribution in [-0.4, -0.2) is 40.1 Å². The molecule has 0 bridgehead atoms. The molecule has 2 amide bonds. The second-order valence-corrected chi connectivity index (χ2v) is 8.79. The highest BCUT2D eigenvalue weighted by Crippen LogP contribution is 2.35. The molecular weight excluding hydrogens is 390 g/mol. The predicted octanol–water partition coefficient (Wildman–Crippen LogP) is 4.97. The van der Waals surface area contributed by atoms with Crippen LogP contribution in [0.1, 0.15) is 38.7 Å². The fourth-order valence-electron chi connectivity index (χ4n) is 4.10. The first kappa shape index (κ1) is 20.8. The first-order valence-corrected chi connectivity index (χ1v) is 10.5. The summed E-state index contributed by atoms with van der Waals surface area (Å²) in [6.45, 7) is 5.94. The van der Waals surface area contributed by atoms with Gasteiger partial charge < -0.3 is 10.1 Å². The van der Waals surface area contributed by atoms with Crippen molar-refractivity contribution in [2.75, 3.05) is 11.9 Å². The Bertz CT molecular complexity index is 1090. The number of ether oxygens (including phenoxy) is 1. The minimum absolute atomic E-state index is 0.114. The van der Waals surface area contributed by atoms with E-state index in [9.17, 15) is 9.59 Å². The summed E-state index contributed by atoms with van der Waals surface area (Å²) in [5.41, 5.74) is 1.75. The van der Waals surface area contributed by atoms with E-state index in [1.807, 2.05) is 81.4 Å².